The molecule has 0 unspecified atom stereocenters. The molecule has 3 heterocycles. The van der Waals surface area contributed by atoms with E-state index < -0.39 is 0 Å². The minimum Gasteiger partial charge on any atom is -0.497 e. The van der Waals surface area contributed by atoms with Crippen molar-refractivity contribution in [3.05, 3.63) is 59.9 Å². The number of piperidine rings is 1. The van der Waals surface area contributed by atoms with Crippen molar-refractivity contribution < 1.29 is 4.74 Å². The summed E-state index contributed by atoms with van der Waals surface area (Å²) in [5.41, 5.74) is 3.74. The highest BCUT2D eigenvalue weighted by Gasteiger charge is 2.21. The lowest BCUT2D eigenvalue weighted by molar-refractivity contribution is 0.414. The highest BCUT2D eigenvalue weighted by molar-refractivity contribution is 5.77. The maximum Gasteiger partial charge on any atom is 0.140 e. The van der Waals surface area contributed by atoms with Gasteiger partial charge in [-0.1, -0.05) is 12.1 Å². The Labute approximate surface area is 142 Å². The SMILES string of the molecule is COc1ccc(Cn2c([C@H]3CCCNC3)cc3cccnc32)cc1. The van der Waals surface area contributed by atoms with Crippen LogP contribution in [-0.2, 0) is 6.54 Å². The minimum absolute atomic E-state index is 0.561. The molecule has 4 heteroatoms. The molecular weight excluding hydrogens is 298 g/mol. The van der Waals surface area contributed by atoms with Gasteiger partial charge in [-0.3, -0.25) is 0 Å². The number of pyridine rings is 1. The van der Waals surface area contributed by atoms with Gasteiger partial charge in [0.25, 0.3) is 0 Å². The number of methoxy groups -OCH3 is 1. The molecule has 1 aromatic carbocycles. The number of rotatable bonds is 4. The average molecular weight is 321 g/mol. The van der Waals surface area contributed by atoms with Gasteiger partial charge in [0.05, 0.1) is 7.11 Å². The summed E-state index contributed by atoms with van der Waals surface area (Å²) in [6.45, 7) is 3.03. The number of fused-ring (bicyclic) bond motifs is 1. The van der Waals surface area contributed by atoms with Crippen molar-refractivity contribution in [2.75, 3.05) is 20.2 Å². The molecule has 1 N–H and O–H groups in total. The Morgan fingerprint density at radius 1 is 1.25 bits per heavy atom. The Morgan fingerprint density at radius 3 is 2.88 bits per heavy atom. The van der Waals surface area contributed by atoms with E-state index in [1.165, 1.54) is 29.5 Å². The van der Waals surface area contributed by atoms with Gasteiger partial charge in [0.15, 0.2) is 0 Å². The molecule has 0 amide bonds. The second-order valence-corrected chi connectivity index (χ2v) is 6.46. The molecule has 0 aliphatic carbocycles. The predicted molar refractivity (Wildman–Crippen MR) is 96.7 cm³/mol. The van der Waals surface area contributed by atoms with Crippen LogP contribution in [0.2, 0.25) is 0 Å². The number of ether oxygens (including phenoxy) is 1. The zero-order valence-electron chi connectivity index (χ0n) is 14.0. The largest absolute Gasteiger partial charge is 0.497 e. The van der Waals surface area contributed by atoms with Gasteiger partial charge >= 0.3 is 0 Å². The summed E-state index contributed by atoms with van der Waals surface area (Å²) in [6.07, 6.45) is 4.36. The summed E-state index contributed by atoms with van der Waals surface area (Å²) in [5.74, 6) is 1.46. The topological polar surface area (TPSA) is 39.1 Å². The fraction of sp³-hybridized carbons (Fsp3) is 0.350. The first kappa shape index (κ1) is 15.2. The summed E-state index contributed by atoms with van der Waals surface area (Å²) < 4.78 is 7.65. The summed E-state index contributed by atoms with van der Waals surface area (Å²) in [7, 11) is 1.70. The lowest BCUT2D eigenvalue weighted by atomic mass is 9.96. The number of nitrogens with one attached hydrogen (secondary N) is 1. The van der Waals surface area contributed by atoms with Gasteiger partial charge in [0, 0.05) is 36.3 Å². The van der Waals surface area contributed by atoms with E-state index in [2.05, 4.69) is 39.1 Å². The number of hydrogen-bond acceptors (Lipinski definition) is 3. The van der Waals surface area contributed by atoms with Crippen molar-refractivity contribution in [1.82, 2.24) is 14.9 Å². The third-order valence-corrected chi connectivity index (χ3v) is 4.90. The first-order valence-corrected chi connectivity index (χ1v) is 8.63. The Hall–Kier alpha value is -2.33. The molecule has 1 aliphatic heterocycles. The zero-order chi connectivity index (χ0) is 16.4. The quantitative estimate of drug-likeness (QED) is 0.798. The van der Waals surface area contributed by atoms with Gasteiger partial charge in [0.2, 0.25) is 0 Å². The Balaban J connectivity index is 1.73. The van der Waals surface area contributed by atoms with Crippen LogP contribution in [0.1, 0.15) is 30.0 Å². The van der Waals surface area contributed by atoms with Gasteiger partial charge < -0.3 is 14.6 Å². The summed E-state index contributed by atoms with van der Waals surface area (Å²) >= 11 is 0. The Bertz CT molecular complexity index is 817. The molecule has 4 rings (SSSR count). The molecule has 3 aromatic rings. The van der Waals surface area contributed by atoms with E-state index in [-0.39, 0.29) is 0 Å². The smallest absolute Gasteiger partial charge is 0.140 e. The van der Waals surface area contributed by atoms with Crippen LogP contribution in [0.3, 0.4) is 0 Å². The molecule has 1 fully saturated rings. The molecule has 2 aromatic heterocycles. The fourth-order valence-corrected chi connectivity index (χ4v) is 3.63. The number of nitrogens with zero attached hydrogens (tertiary/aromatic N) is 2. The van der Waals surface area contributed by atoms with Crippen LogP contribution < -0.4 is 10.1 Å². The van der Waals surface area contributed by atoms with Crippen LogP contribution >= 0.6 is 0 Å². The standard InChI is InChI=1S/C20H23N3O/c1-24-18-8-6-15(7-9-18)14-23-19(17-5-2-10-21-13-17)12-16-4-3-11-22-20(16)23/h3-4,6-9,11-12,17,21H,2,5,10,13-14H2,1H3/t17-/m0/s1. The monoisotopic (exact) mass is 321 g/mol. The van der Waals surface area contributed by atoms with E-state index in [1.54, 1.807) is 7.11 Å². The van der Waals surface area contributed by atoms with E-state index in [0.29, 0.717) is 5.92 Å². The van der Waals surface area contributed by atoms with E-state index >= 15 is 0 Å². The second-order valence-electron chi connectivity index (χ2n) is 6.46. The molecule has 4 nitrogen and oxygen atoms in total. The van der Waals surface area contributed by atoms with Crippen molar-refractivity contribution in [3.63, 3.8) is 0 Å². The molecule has 1 aliphatic rings. The van der Waals surface area contributed by atoms with Gasteiger partial charge in [-0.15, -0.1) is 0 Å². The normalized spacial score (nSPS) is 18.0. The Kier molecular flexibility index (Phi) is 4.22. The summed E-state index contributed by atoms with van der Waals surface area (Å²) in [5, 5.41) is 4.76. The molecule has 1 saturated heterocycles. The first-order chi connectivity index (χ1) is 11.8. The van der Waals surface area contributed by atoms with Gasteiger partial charge in [-0.05, 0) is 55.3 Å². The van der Waals surface area contributed by atoms with Gasteiger partial charge in [-0.2, -0.15) is 0 Å². The molecule has 0 spiro atoms. The van der Waals surface area contributed by atoms with Crippen LogP contribution in [0.25, 0.3) is 11.0 Å². The van der Waals surface area contributed by atoms with Gasteiger partial charge in [-0.25, -0.2) is 4.98 Å². The van der Waals surface area contributed by atoms with Crippen LogP contribution in [-0.4, -0.2) is 29.8 Å². The third-order valence-electron chi connectivity index (χ3n) is 4.90. The second kappa shape index (κ2) is 6.65. The van der Waals surface area contributed by atoms with E-state index in [4.69, 9.17) is 4.74 Å². The lowest BCUT2D eigenvalue weighted by Crippen LogP contribution is -2.29. The lowest BCUT2D eigenvalue weighted by Gasteiger charge is -2.24. The van der Waals surface area contributed by atoms with Crippen molar-refractivity contribution in [3.8, 4) is 5.75 Å². The number of hydrogen-bond donors (Lipinski definition) is 1. The molecule has 0 saturated carbocycles. The molecule has 24 heavy (non-hydrogen) atoms. The van der Waals surface area contributed by atoms with Crippen LogP contribution in [0.5, 0.6) is 5.75 Å². The summed E-state index contributed by atoms with van der Waals surface area (Å²) in [4.78, 5) is 4.64. The van der Waals surface area contributed by atoms with Crippen LogP contribution in [0.15, 0.2) is 48.7 Å². The summed E-state index contributed by atoms with van der Waals surface area (Å²) in [6, 6.07) is 14.8. The minimum atomic E-state index is 0.561. The van der Waals surface area contributed by atoms with Crippen molar-refractivity contribution in [2.24, 2.45) is 0 Å². The molecule has 124 valence electrons. The molecule has 1 atom stereocenters. The number of benzene rings is 1. The van der Waals surface area contributed by atoms with Crippen molar-refractivity contribution in [2.45, 2.75) is 25.3 Å². The van der Waals surface area contributed by atoms with Crippen LogP contribution in [0.4, 0.5) is 0 Å². The fourth-order valence-electron chi connectivity index (χ4n) is 3.63. The predicted octanol–water partition coefficient (Wildman–Crippen LogP) is 3.56. The van der Waals surface area contributed by atoms with E-state index in [9.17, 15) is 0 Å². The molecule has 0 radical (unpaired) electrons. The third kappa shape index (κ3) is 2.89. The van der Waals surface area contributed by atoms with Crippen LogP contribution in [0, 0.1) is 0 Å². The highest BCUT2D eigenvalue weighted by atomic mass is 16.5. The van der Waals surface area contributed by atoms with Gasteiger partial charge in [0.1, 0.15) is 11.4 Å². The maximum absolute atomic E-state index is 5.27. The van der Waals surface area contributed by atoms with Crippen molar-refractivity contribution in [1.29, 1.82) is 0 Å². The zero-order valence-corrected chi connectivity index (χ0v) is 14.0. The first-order valence-electron chi connectivity index (χ1n) is 8.63. The van der Waals surface area contributed by atoms with E-state index in [1.807, 2.05) is 24.4 Å². The molecular formula is C20H23N3O. The number of aromatic nitrogens is 2. The Morgan fingerprint density at radius 2 is 2.12 bits per heavy atom. The maximum atomic E-state index is 5.27. The highest BCUT2D eigenvalue weighted by Crippen LogP contribution is 2.29. The van der Waals surface area contributed by atoms with Crippen molar-refractivity contribution >= 4 is 11.0 Å². The average Bonchev–Trinajstić information content (AvgIpc) is 3.02. The molecule has 0 bridgehead atoms. The van der Waals surface area contributed by atoms with E-state index in [0.717, 1.165) is 31.0 Å².